The number of fused-ring (bicyclic) bond motifs is 1. The Morgan fingerprint density at radius 3 is 2.42 bits per heavy atom. The number of rotatable bonds is 4. The van der Waals surface area contributed by atoms with Crippen LogP contribution in [0.2, 0.25) is 0 Å². The lowest BCUT2D eigenvalue weighted by Gasteiger charge is -2.34. The maximum Gasteiger partial charge on any atom is 0.338 e. The lowest BCUT2D eigenvalue weighted by Crippen LogP contribution is -2.34. The lowest BCUT2D eigenvalue weighted by molar-refractivity contribution is -0.0188. The second-order valence-corrected chi connectivity index (χ2v) is 7.72. The molecule has 4 rings (SSSR count). The van der Waals surface area contributed by atoms with E-state index in [4.69, 9.17) is 14.2 Å². The number of aromatic hydroxyl groups is 5. The molecule has 5 N–H and O–H groups in total. The number of hydrogen-bond donors (Lipinski definition) is 5. The minimum absolute atomic E-state index is 0.0493. The van der Waals surface area contributed by atoms with Crippen molar-refractivity contribution in [3.8, 4) is 40.2 Å². The second kappa shape index (κ2) is 8.34. The van der Waals surface area contributed by atoms with Gasteiger partial charge in [0, 0.05) is 29.7 Å². The number of methoxy groups -OCH3 is 1. The molecule has 1 aliphatic rings. The molecule has 172 valence electrons. The zero-order chi connectivity index (χ0) is 23.9. The van der Waals surface area contributed by atoms with Crippen LogP contribution in [0.3, 0.4) is 0 Å². The Labute approximate surface area is 188 Å². The van der Waals surface area contributed by atoms with Crippen molar-refractivity contribution >= 4 is 5.97 Å². The summed E-state index contributed by atoms with van der Waals surface area (Å²) in [6.07, 6.45) is -1.81. The van der Waals surface area contributed by atoms with Gasteiger partial charge in [0.2, 0.25) is 0 Å². The number of carbonyl (C=O) groups excluding carboxylic acids is 1. The maximum absolute atomic E-state index is 13.0. The zero-order valence-electron chi connectivity index (χ0n) is 17.8. The van der Waals surface area contributed by atoms with Crippen LogP contribution in [0.4, 0.5) is 0 Å². The van der Waals surface area contributed by atoms with Crippen LogP contribution in [0, 0.1) is 6.92 Å². The highest BCUT2D eigenvalue weighted by Crippen LogP contribution is 2.44. The van der Waals surface area contributed by atoms with E-state index in [0.717, 1.165) is 6.07 Å². The Bertz CT molecular complexity index is 1240. The monoisotopic (exact) mass is 454 g/mol. The third-order valence-electron chi connectivity index (χ3n) is 5.47. The molecule has 0 spiro atoms. The van der Waals surface area contributed by atoms with Gasteiger partial charge in [-0.25, -0.2) is 4.79 Å². The SMILES string of the molecule is COc1cc(C(=O)O[C@H]2Cc3c(O)cc(O)cc3O[C@@H]2c2ccc(O)c(O)c2)cc(C)c1O. The fourth-order valence-corrected chi connectivity index (χ4v) is 3.78. The first-order valence-electron chi connectivity index (χ1n) is 10.00. The molecular formula is C24H22O9. The molecular weight excluding hydrogens is 432 g/mol. The number of phenols is 5. The van der Waals surface area contributed by atoms with Crippen molar-refractivity contribution in [2.75, 3.05) is 7.11 Å². The highest BCUT2D eigenvalue weighted by molar-refractivity contribution is 5.91. The lowest BCUT2D eigenvalue weighted by atomic mass is 9.93. The zero-order valence-corrected chi connectivity index (χ0v) is 17.8. The summed E-state index contributed by atoms with van der Waals surface area (Å²) in [5.41, 5.74) is 1.29. The van der Waals surface area contributed by atoms with Crippen LogP contribution >= 0.6 is 0 Å². The molecule has 0 radical (unpaired) electrons. The molecule has 0 aliphatic carbocycles. The first kappa shape index (κ1) is 21.9. The van der Waals surface area contributed by atoms with Crippen LogP contribution in [0.25, 0.3) is 0 Å². The molecule has 3 aromatic rings. The Morgan fingerprint density at radius 2 is 1.73 bits per heavy atom. The molecule has 0 aromatic heterocycles. The van der Waals surface area contributed by atoms with E-state index in [-0.39, 0.29) is 52.2 Å². The third-order valence-corrected chi connectivity index (χ3v) is 5.47. The third kappa shape index (κ3) is 4.12. The summed E-state index contributed by atoms with van der Waals surface area (Å²) in [5, 5.41) is 49.8. The molecule has 9 heteroatoms. The van der Waals surface area contributed by atoms with Crippen molar-refractivity contribution in [2.24, 2.45) is 0 Å². The van der Waals surface area contributed by atoms with Crippen LogP contribution in [-0.4, -0.2) is 44.7 Å². The van der Waals surface area contributed by atoms with E-state index in [0.29, 0.717) is 16.7 Å². The van der Waals surface area contributed by atoms with Gasteiger partial charge in [-0.05, 0) is 36.8 Å². The van der Waals surface area contributed by atoms with Crippen molar-refractivity contribution in [1.29, 1.82) is 0 Å². The van der Waals surface area contributed by atoms with Crippen LogP contribution in [0.15, 0.2) is 42.5 Å². The number of aryl methyl sites for hydroxylation is 1. The van der Waals surface area contributed by atoms with Gasteiger partial charge in [-0.3, -0.25) is 0 Å². The van der Waals surface area contributed by atoms with Crippen molar-refractivity contribution in [2.45, 2.75) is 25.6 Å². The molecule has 33 heavy (non-hydrogen) atoms. The summed E-state index contributed by atoms with van der Waals surface area (Å²) in [6, 6.07) is 9.34. The van der Waals surface area contributed by atoms with E-state index >= 15 is 0 Å². The molecule has 0 fully saturated rings. The number of carbonyl (C=O) groups is 1. The van der Waals surface area contributed by atoms with E-state index in [2.05, 4.69) is 0 Å². The quantitative estimate of drug-likeness (QED) is 0.295. The van der Waals surface area contributed by atoms with Gasteiger partial charge in [0.05, 0.1) is 12.7 Å². The van der Waals surface area contributed by atoms with Crippen molar-refractivity contribution in [1.82, 2.24) is 0 Å². The minimum Gasteiger partial charge on any atom is -0.508 e. The number of ether oxygens (including phenoxy) is 3. The number of hydrogen-bond acceptors (Lipinski definition) is 9. The Morgan fingerprint density at radius 1 is 0.970 bits per heavy atom. The molecule has 9 nitrogen and oxygen atoms in total. The smallest absolute Gasteiger partial charge is 0.338 e. The van der Waals surface area contributed by atoms with Crippen molar-refractivity contribution in [3.63, 3.8) is 0 Å². The van der Waals surface area contributed by atoms with E-state index in [1.807, 2.05) is 0 Å². The molecule has 0 amide bonds. The maximum atomic E-state index is 13.0. The number of esters is 1. The first-order chi connectivity index (χ1) is 15.7. The Kier molecular flexibility index (Phi) is 5.55. The predicted molar refractivity (Wildman–Crippen MR) is 115 cm³/mol. The normalized spacial score (nSPS) is 17.0. The molecule has 0 saturated carbocycles. The van der Waals surface area contributed by atoms with Gasteiger partial charge in [-0.1, -0.05) is 6.07 Å². The fourth-order valence-electron chi connectivity index (χ4n) is 3.78. The van der Waals surface area contributed by atoms with Gasteiger partial charge in [-0.15, -0.1) is 0 Å². The highest BCUT2D eigenvalue weighted by atomic mass is 16.6. The van der Waals surface area contributed by atoms with Crippen LogP contribution in [-0.2, 0) is 11.2 Å². The van der Waals surface area contributed by atoms with Gasteiger partial charge in [0.15, 0.2) is 29.1 Å². The second-order valence-electron chi connectivity index (χ2n) is 7.72. The van der Waals surface area contributed by atoms with Crippen LogP contribution in [0.1, 0.15) is 33.2 Å². The molecule has 0 unspecified atom stereocenters. The molecule has 3 aromatic carbocycles. The summed E-state index contributed by atoms with van der Waals surface area (Å²) in [4.78, 5) is 13.0. The van der Waals surface area contributed by atoms with E-state index in [1.165, 1.54) is 43.5 Å². The average Bonchev–Trinajstić information content (AvgIpc) is 2.77. The van der Waals surface area contributed by atoms with Gasteiger partial charge in [-0.2, -0.15) is 0 Å². The predicted octanol–water partition coefficient (Wildman–Crippen LogP) is 3.43. The largest absolute Gasteiger partial charge is 0.508 e. The molecule has 1 heterocycles. The Hall–Kier alpha value is -4.27. The molecule has 2 atom stereocenters. The average molecular weight is 454 g/mol. The molecule has 1 aliphatic heterocycles. The summed E-state index contributed by atoms with van der Waals surface area (Å²) in [7, 11) is 1.36. The summed E-state index contributed by atoms with van der Waals surface area (Å²) < 4.78 is 16.8. The van der Waals surface area contributed by atoms with Crippen LogP contribution < -0.4 is 9.47 Å². The van der Waals surface area contributed by atoms with Gasteiger partial charge in [0.25, 0.3) is 0 Å². The first-order valence-corrected chi connectivity index (χ1v) is 10.00. The summed E-state index contributed by atoms with van der Waals surface area (Å²) in [6.45, 7) is 1.61. The van der Waals surface area contributed by atoms with Gasteiger partial charge < -0.3 is 39.7 Å². The highest BCUT2D eigenvalue weighted by Gasteiger charge is 2.37. The summed E-state index contributed by atoms with van der Waals surface area (Å²) >= 11 is 0. The van der Waals surface area contributed by atoms with Gasteiger partial charge in [0.1, 0.15) is 23.4 Å². The van der Waals surface area contributed by atoms with E-state index < -0.39 is 18.2 Å². The minimum atomic E-state index is -0.940. The Balaban J connectivity index is 1.72. The summed E-state index contributed by atoms with van der Waals surface area (Å²) in [5.74, 6) is -1.65. The van der Waals surface area contributed by atoms with E-state index in [1.54, 1.807) is 6.92 Å². The number of benzene rings is 3. The molecule has 0 saturated heterocycles. The standard InChI is InChI=1S/C24H22O9/c1-11-5-13(7-20(31-2)22(11)29)24(30)33-21-10-15-17(27)8-14(25)9-19(15)32-23(21)12-3-4-16(26)18(28)6-12/h3-9,21,23,25-29H,10H2,1-2H3/t21-,23+/m0/s1. The fraction of sp³-hybridized carbons (Fsp3) is 0.208. The van der Waals surface area contributed by atoms with Gasteiger partial charge >= 0.3 is 5.97 Å². The van der Waals surface area contributed by atoms with Crippen molar-refractivity contribution < 1.29 is 44.5 Å². The van der Waals surface area contributed by atoms with Crippen LogP contribution in [0.5, 0.6) is 40.2 Å². The molecule has 0 bridgehead atoms. The topological polar surface area (TPSA) is 146 Å². The van der Waals surface area contributed by atoms with Crippen molar-refractivity contribution in [3.05, 3.63) is 64.7 Å². The number of phenolic OH excluding ortho intramolecular Hbond substituents is 5. The van der Waals surface area contributed by atoms with E-state index in [9.17, 15) is 30.3 Å².